The van der Waals surface area contributed by atoms with Crippen LogP contribution >= 0.6 is 11.6 Å². The molecule has 0 spiro atoms. The van der Waals surface area contributed by atoms with Gasteiger partial charge in [0.15, 0.2) is 11.5 Å². The van der Waals surface area contributed by atoms with E-state index in [-0.39, 0.29) is 11.8 Å². The second-order valence-electron chi connectivity index (χ2n) is 8.98. The molecule has 4 aromatic rings. The van der Waals surface area contributed by atoms with Gasteiger partial charge in [0.25, 0.3) is 5.91 Å². The van der Waals surface area contributed by atoms with Crippen molar-refractivity contribution in [2.45, 2.75) is 31.6 Å². The van der Waals surface area contributed by atoms with Crippen LogP contribution in [0.15, 0.2) is 52.9 Å². The van der Waals surface area contributed by atoms with Gasteiger partial charge in [-0.05, 0) is 56.0 Å². The van der Waals surface area contributed by atoms with Crippen molar-refractivity contribution >= 4 is 45.3 Å². The summed E-state index contributed by atoms with van der Waals surface area (Å²) in [5.41, 5.74) is 3.19. The minimum absolute atomic E-state index is 0.0675. The van der Waals surface area contributed by atoms with E-state index in [0.29, 0.717) is 23.7 Å². The third kappa shape index (κ3) is 3.82. The Morgan fingerprint density at radius 3 is 2.55 bits per heavy atom. The highest BCUT2D eigenvalue weighted by atomic mass is 35.5. The second-order valence-corrected chi connectivity index (χ2v) is 9.41. The Hall–Kier alpha value is -3.12. The summed E-state index contributed by atoms with van der Waals surface area (Å²) >= 11 is 6.09. The van der Waals surface area contributed by atoms with Gasteiger partial charge >= 0.3 is 0 Å². The molecule has 0 bridgehead atoms. The Morgan fingerprint density at radius 1 is 0.939 bits per heavy atom. The predicted molar refractivity (Wildman–Crippen MR) is 130 cm³/mol. The van der Waals surface area contributed by atoms with E-state index in [1.165, 1.54) is 0 Å². The first-order chi connectivity index (χ1) is 16.2. The van der Waals surface area contributed by atoms with Gasteiger partial charge < -0.3 is 14.2 Å². The van der Waals surface area contributed by atoms with Crippen molar-refractivity contribution in [1.29, 1.82) is 0 Å². The van der Waals surface area contributed by atoms with Gasteiger partial charge in [-0.2, -0.15) is 0 Å². The number of amides is 1. The summed E-state index contributed by atoms with van der Waals surface area (Å²) in [6.07, 6.45) is 3.94. The number of likely N-dealkylation sites (tertiary alicyclic amines) is 1. The third-order valence-electron chi connectivity index (χ3n) is 6.84. The highest BCUT2D eigenvalue weighted by Crippen LogP contribution is 2.33. The molecule has 4 heterocycles. The fraction of sp³-hybridized carbons (Fsp3) is 0.346. The number of anilines is 1. The zero-order valence-electron chi connectivity index (χ0n) is 18.3. The van der Waals surface area contributed by atoms with Gasteiger partial charge in [0.05, 0.1) is 11.1 Å². The summed E-state index contributed by atoms with van der Waals surface area (Å²) in [4.78, 5) is 27.4. The molecule has 6 rings (SSSR count). The van der Waals surface area contributed by atoms with Crippen LogP contribution in [0, 0.1) is 0 Å². The summed E-state index contributed by atoms with van der Waals surface area (Å²) < 4.78 is 5.99. The number of hydrogen-bond donors (Lipinski definition) is 0. The van der Waals surface area contributed by atoms with E-state index < -0.39 is 0 Å². The van der Waals surface area contributed by atoms with Crippen LogP contribution in [0.25, 0.3) is 22.0 Å². The van der Waals surface area contributed by atoms with Crippen LogP contribution < -0.4 is 4.90 Å². The molecule has 0 aliphatic carbocycles. The Bertz CT molecular complexity index is 1340. The Morgan fingerprint density at radius 2 is 1.73 bits per heavy atom. The Labute approximate surface area is 197 Å². The van der Waals surface area contributed by atoms with Gasteiger partial charge in [-0.15, -0.1) is 0 Å². The normalized spacial score (nSPS) is 17.4. The minimum atomic E-state index is 0.0675. The van der Waals surface area contributed by atoms with Crippen molar-refractivity contribution in [3.8, 4) is 0 Å². The van der Waals surface area contributed by atoms with Crippen LogP contribution in [0.4, 0.5) is 5.82 Å². The lowest BCUT2D eigenvalue weighted by Gasteiger charge is -2.32. The number of oxazole rings is 1. The van der Waals surface area contributed by atoms with Crippen molar-refractivity contribution in [2.75, 3.05) is 31.1 Å². The first kappa shape index (κ1) is 20.5. The van der Waals surface area contributed by atoms with Gasteiger partial charge in [0, 0.05) is 42.5 Å². The lowest BCUT2D eigenvalue weighted by atomic mass is 9.96. The maximum Gasteiger partial charge on any atom is 0.257 e. The first-order valence-electron chi connectivity index (χ1n) is 11.7. The van der Waals surface area contributed by atoms with E-state index in [1.807, 2.05) is 53.4 Å². The molecule has 2 aliphatic heterocycles. The van der Waals surface area contributed by atoms with E-state index in [2.05, 4.69) is 9.88 Å². The summed E-state index contributed by atoms with van der Waals surface area (Å²) in [5, 5.41) is 1.66. The molecule has 2 aromatic carbocycles. The zero-order valence-corrected chi connectivity index (χ0v) is 19.1. The fourth-order valence-corrected chi connectivity index (χ4v) is 5.19. The van der Waals surface area contributed by atoms with Crippen molar-refractivity contribution in [2.24, 2.45) is 0 Å². The zero-order chi connectivity index (χ0) is 22.4. The van der Waals surface area contributed by atoms with E-state index in [0.717, 1.165) is 72.5 Å². The SMILES string of the molecule is O=C(c1cc2ccccc2nc1N1CCCC1)N1CCC(c2nc3cc(Cl)ccc3o2)CC1. The van der Waals surface area contributed by atoms with Gasteiger partial charge in [-0.1, -0.05) is 29.8 Å². The van der Waals surface area contributed by atoms with Crippen LogP contribution in [0.1, 0.15) is 47.8 Å². The summed E-state index contributed by atoms with van der Waals surface area (Å²) in [6.45, 7) is 3.26. The molecule has 0 radical (unpaired) electrons. The number of pyridine rings is 1. The number of piperidine rings is 1. The molecule has 2 aliphatic rings. The standard InChI is InChI=1S/C26H25ClN4O2/c27-19-7-8-23-22(16-19)29-25(33-23)17-9-13-31(14-10-17)26(32)20-15-18-5-1-2-6-21(18)28-24(20)30-11-3-4-12-30/h1-2,5-8,15-17H,3-4,9-14H2. The molecular weight excluding hydrogens is 436 g/mol. The van der Waals surface area contributed by atoms with Crippen LogP contribution in [0.5, 0.6) is 0 Å². The number of nitrogens with zero attached hydrogens (tertiary/aromatic N) is 4. The molecule has 2 aromatic heterocycles. The molecule has 0 unspecified atom stereocenters. The summed E-state index contributed by atoms with van der Waals surface area (Å²) in [7, 11) is 0. The van der Waals surface area contributed by atoms with E-state index in [9.17, 15) is 4.79 Å². The highest BCUT2D eigenvalue weighted by molar-refractivity contribution is 6.31. The quantitative estimate of drug-likeness (QED) is 0.395. The number of rotatable bonds is 3. The minimum Gasteiger partial charge on any atom is -0.440 e. The predicted octanol–water partition coefficient (Wildman–Crippen LogP) is 5.65. The number of carbonyl (C=O) groups excluding carboxylic acids is 1. The molecule has 0 N–H and O–H groups in total. The maximum atomic E-state index is 13.6. The van der Waals surface area contributed by atoms with E-state index in [1.54, 1.807) is 0 Å². The topological polar surface area (TPSA) is 62.5 Å². The molecule has 7 heteroatoms. The molecule has 0 atom stereocenters. The second kappa shape index (κ2) is 8.34. The molecule has 6 nitrogen and oxygen atoms in total. The maximum absolute atomic E-state index is 13.6. The van der Waals surface area contributed by atoms with Gasteiger partial charge in [0.2, 0.25) is 0 Å². The number of carbonyl (C=O) groups is 1. The van der Waals surface area contributed by atoms with Gasteiger partial charge in [-0.3, -0.25) is 4.79 Å². The molecule has 168 valence electrons. The van der Waals surface area contributed by atoms with Crippen LogP contribution in [0.2, 0.25) is 5.02 Å². The van der Waals surface area contributed by atoms with Crippen molar-refractivity contribution in [3.63, 3.8) is 0 Å². The smallest absolute Gasteiger partial charge is 0.257 e. The average Bonchev–Trinajstić information content (AvgIpc) is 3.53. The number of fused-ring (bicyclic) bond motifs is 2. The molecule has 2 fully saturated rings. The van der Waals surface area contributed by atoms with Crippen molar-refractivity contribution in [3.05, 3.63) is 65.0 Å². The number of para-hydroxylation sites is 1. The van der Waals surface area contributed by atoms with E-state index in [4.69, 9.17) is 21.0 Å². The number of aromatic nitrogens is 2. The van der Waals surface area contributed by atoms with Crippen LogP contribution in [-0.2, 0) is 0 Å². The summed E-state index contributed by atoms with van der Waals surface area (Å²) in [5.74, 6) is 1.84. The average molecular weight is 461 g/mol. The Kier molecular flexibility index (Phi) is 5.18. The highest BCUT2D eigenvalue weighted by Gasteiger charge is 2.30. The monoisotopic (exact) mass is 460 g/mol. The molecule has 1 amide bonds. The molecule has 33 heavy (non-hydrogen) atoms. The van der Waals surface area contributed by atoms with Gasteiger partial charge in [0.1, 0.15) is 11.3 Å². The third-order valence-corrected chi connectivity index (χ3v) is 7.07. The lowest BCUT2D eigenvalue weighted by Crippen LogP contribution is -2.39. The largest absolute Gasteiger partial charge is 0.440 e. The van der Waals surface area contributed by atoms with E-state index >= 15 is 0 Å². The van der Waals surface area contributed by atoms with Crippen LogP contribution in [0.3, 0.4) is 0 Å². The molecular formula is C26H25ClN4O2. The van der Waals surface area contributed by atoms with Crippen LogP contribution in [-0.4, -0.2) is 47.0 Å². The number of halogens is 1. The fourth-order valence-electron chi connectivity index (χ4n) is 5.03. The lowest BCUT2D eigenvalue weighted by molar-refractivity contribution is 0.0707. The number of benzene rings is 2. The molecule has 0 saturated carbocycles. The van der Waals surface area contributed by atoms with Crippen molar-refractivity contribution in [1.82, 2.24) is 14.9 Å². The Balaban J connectivity index is 1.24. The number of hydrogen-bond acceptors (Lipinski definition) is 5. The molecule has 2 saturated heterocycles. The van der Waals surface area contributed by atoms with Gasteiger partial charge in [-0.25, -0.2) is 9.97 Å². The van der Waals surface area contributed by atoms with Crippen molar-refractivity contribution < 1.29 is 9.21 Å². The summed E-state index contributed by atoms with van der Waals surface area (Å²) in [6, 6.07) is 15.6. The first-order valence-corrected chi connectivity index (χ1v) is 12.0.